The van der Waals surface area contributed by atoms with Crippen molar-refractivity contribution in [2.75, 3.05) is 26.2 Å². The first kappa shape index (κ1) is 15.3. The first-order valence-electron chi connectivity index (χ1n) is 4.11. The zero-order valence-corrected chi connectivity index (χ0v) is 8.76. The smallest absolute Gasteiger partial charge is 0.314 e. The Bertz CT molecular complexity index is 158. The molecule has 0 radical (unpaired) electrons. The fourth-order valence-electron chi connectivity index (χ4n) is 0.604. The van der Waals surface area contributed by atoms with Crippen LogP contribution in [0.15, 0.2) is 0 Å². The summed E-state index contributed by atoms with van der Waals surface area (Å²) in [4.78, 5) is 0. The normalized spacial score (nSPS) is 16.0. The lowest BCUT2D eigenvalue weighted by atomic mass is 10.4. The first-order chi connectivity index (χ1) is 6.00. The van der Waals surface area contributed by atoms with Crippen molar-refractivity contribution in [1.82, 2.24) is 10.6 Å². The van der Waals surface area contributed by atoms with Crippen LogP contribution in [0.5, 0.6) is 0 Å². The molecule has 6 nitrogen and oxygen atoms in total. The molecule has 0 amide bonds. The van der Waals surface area contributed by atoms with Crippen molar-refractivity contribution in [3.63, 3.8) is 0 Å². The average molecular weight is 214 g/mol. The molecule has 1 aliphatic rings. The molecule has 0 aliphatic carbocycles. The van der Waals surface area contributed by atoms with Gasteiger partial charge < -0.3 is 10.6 Å². The molecule has 82 valence electrons. The van der Waals surface area contributed by atoms with Crippen LogP contribution >= 0.6 is 0 Å². The van der Waals surface area contributed by atoms with Crippen LogP contribution in [0.1, 0.15) is 13.8 Å². The third-order valence-electron chi connectivity index (χ3n) is 0.957. The van der Waals surface area contributed by atoms with Gasteiger partial charge in [-0.2, -0.15) is 8.42 Å². The highest BCUT2D eigenvalue weighted by Gasteiger charge is 1.91. The molecule has 0 aromatic heterocycles. The maximum Gasteiger partial charge on any atom is 0.394 e. The molecule has 0 spiro atoms. The number of rotatable bonds is 0. The van der Waals surface area contributed by atoms with Gasteiger partial charge in [-0.25, -0.2) is 0 Å². The number of hydrogen-bond acceptors (Lipinski definition) is 4. The van der Waals surface area contributed by atoms with E-state index in [9.17, 15) is 0 Å². The molecule has 1 rings (SSSR count). The predicted octanol–water partition coefficient (Wildman–Crippen LogP) is -0.447. The summed E-state index contributed by atoms with van der Waals surface area (Å²) in [7, 11) is -4.67. The van der Waals surface area contributed by atoms with Gasteiger partial charge in [-0.3, -0.25) is 9.11 Å². The molecule has 7 heteroatoms. The van der Waals surface area contributed by atoms with E-state index in [1.54, 1.807) is 0 Å². The van der Waals surface area contributed by atoms with Crippen molar-refractivity contribution in [3.05, 3.63) is 0 Å². The van der Waals surface area contributed by atoms with Crippen LogP contribution in [0.3, 0.4) is 0 Å². The minimum atomic E-state index is -4.67. The van der Waals surface area contributed by atoms with E-state index in [2.05, 4.69) is 10.6 Å². The van der Waals surface area contributed by atoms with Crippen molar-refractivity contribution in [2.45, 2.75) is 13.8 Å². The number of piperazine rings is 1. The minimum Gasteiger partial charge on any atom is -0.314 e. The largest absolute Gasteiger partial charge is 0.394 e. The van der Waals surface area contributed by atoms with E-state index in [1.165, 1.54) is 0 Å². The molecule has 0 atom stereocenters. The number of hydrogen-bond donors (Lipinski definition) is 4. The Balaban J connectivity index is 0. The fourth-order valence-corrected chi connectivity index (χ4v) is 0.604. The Morgan fingerprint density at radius 3 is 1.15 bits per heavy atom. The summed E-state index contributed by atoms with van der Waals surface area (Å²) in [5.41, 5.74) is 0. The summed E-state index contributed by atoms with van der Waals surface area (Å²) in [6, 6.07) is 0. The molecule has 1 aliphatic heterocycles. The topological polar surface area (TPSA) is 98.7 Å². The zero-order valence-electron chi connectivity index (χ0n) is 7.95. The first-order valence-corrected chi connectivity index (χ1v) is 5.51. The van der Waals surface area contributed by atoms with Crippen molar-refractivity contribution in [1.29, 1.82) is 0 Å². The zero-order chi connectivity index (χ0) is 10.7. The maximum absolute atomic E-state index is 8.74. The summed E-state index contributed by atoms with van der Waals surface area (Å²) in [6.45, 7) is 8.56. The number of nitrogens with one attached hydrogen (secondary N) is 2. The van der Waals surface area contributed by atoms with Crippen LogP contribution in [0.4, 0.5) is 0 Å². The molecule has 0 unspecified atom stereocenters. The standard InChI is InChI=1S/C4H10N2.C2H6.H2O4S/c1-2-6-4-3-5-1;1-2;1-5(2,3)4/h5-6H,1-4H2;1-2H3;(H2,1,2,3,4). The summed E-state index contributed by atoms with van der Waals surface area (Å²) in [6.07, 6.45) is 0. The van der Waals surface area contributed by atoms with E-state index in [0.717, 1.165) is 26.2 Å². The molecule has 0 bridgehead atoms. The molecule has 1 heterocycles. The molecule has 0 aromatic rings. The highest BCUT2D eigenvalue weighted by molar-refractivity contribution is 7.79. The average Bonchev–Trinajstić information content (AvgIpc) is 2.08. The van der Waals surface area contributed by atoms with Crippen LogP contribution in [-0.4, -0.2) is 43.7 Å². The Morgan fingerprint density at radius 2 is 1.08 bits per heavy atom. The molecule has 0 aromatic carbocycles. The van der Waals surface area contributed by atoms with Gasteiger partial charge in [0, 0.05) is 26.2 Å². The van der Waals surface area contributed by atoms with Gasteiger partial charge in [0.15, 0.2) is 0 Å². The van der Waals surface area contributed by atoms with Crippen molar-refractivity contribution in [2.24, 2.45) is 0 Å². The highest BCUT2D eigenvalue weighted by Crippen LogP contribution is 1.65. The van der Waals surface area contributed by atoms with Crippen molar-refractivity contribution in [3.8, 4) is 0 Å². The molecular formula is C6H18N2O4S. The van der Waals surface area contributed by atoms with Crippen LogP contribution in [0.2, 0.25) is 0 Å². The van der Waals surface area contributed by atoms with E-state index in [4.69, 9.17) is 17.5 Å². The molecule has 4 N–H and O–H groups in total. The van der Waals surface area contributed by atoms with Gasteiger partial charge >= 0.3 is 10.4 Å². The van der Waals surface area contributed by atoms with Crippen LogP contribution < -0.4 is 10.6 Å². The highest BCUT2D eigenvalue weighted by atomic mass is 32.3. The lowest BCUT2D eigenvalue weighted by Crippen LogP contribution is -2.39. The maximum atomic E-state index is 8.74. The van der Waals surface area contributed by atoms with E-state index in [0.29, 0.717) is 0 Å². The van der Waals surface area contributed by atoms with Gasteiger partial charge in [0.1, 0.15) is 0 Å². The second-order valence-electron chi connectivity index (χ2n) is 1.95. The van der Waals surface area contributed by atoms with Gasteiger partial charge in [-0.05, 0) is 0 Å². The monoisotopic (exact) mass is 214 g/mol. The molecular weight excluding hydrogens is 196 g/mol. The fraction of sp³-hybridized carbons (Fsp3) is 1.00. The van der Waals surface area contributed by atoms with E-state index >= 15 is 0 Å². The van der Waals surface area contributed by atoms with Gasteiger partial charge in [-0.1, -0.05) is 13.8 Å². The summed E-state index contributed by atoms with van der Waals surface area (Å²) < 4.78 is 31.6. The van der Waals surface area contributed by atoms with Crippen LogP contribution in [-0.2, 0) is 10.4 Å². The van der Waals surface area contributed by atoms with Crippen LogP contribution in [0.25, 0.3) is 0 Å². The van der Waals surface area contributed by atoms with Gasteiger partial charge in [0.2, 0.25) is 0 Å². The minimum absolute atomic E-state index is 1.14. The Hall–Kier alpha value is -0.210. The van der Waals surface area contributed by atoms with E-state index < -0.39 is 10.4 Å². The van der Waals surface area contributed by atoms with Gasteiger partial charge in [-0.15, -0.1) is 0 Å². The van der Waals surface area contributed by atoms with Crippen molar-refractivity contribution < 1.29 is 17.5 Å². The second kappa shape index (κ2) is 9.87. The Labute approximate surface area is 79.3 Å². The van der Waals surface area contributed by atoms with E-state index in [-0.39, 0.29) is 0 Å². The lowest BCUT2D eigenvalue weighted by Gasteiger charge is -2.11. The van der Waals surface area contributed by atoms with Gasteiger partial charge in [0.05, 0.1) is 0 Å². The van der Waals surface area contributed by atoms with E-state index in [1.807, 2.05) is 13.8 Å². The second-order valence-corrected chi connectivity index (χ2v) is 2.84. The van der Waals surface area contributed by atoms with Crippen LogP contribution in [0, 0.1) is 0 Å². The predicted molar refractivity (Wildman–Crippen MR) is 51.3 cm³/mol. The Kier molecular flexibility index (Phi) is 11.6. The summed E-state index contributed by atoms with van der Waals surface area (Å²) in [5.74, 6) is 0. The summed E-state index contributed by atoms with van der Waals surface area (Å²) in [5, 5.41) is 6.44. The molecule has 0 saturated carbocycles. The van der Waals surface area contributed by atoms with Gasteiger partial charge in [0.25, 0.3) is 0 Å². The quantitative estimate of drug-likeness (QED) is 0.408. The summed E-state index contributed by atoms with van der Waals surface area (Å²) >= 11 is 0. The third-order valence-corrected chi connectivity index (χ3v) is 0.957. The van der Waals surface area contributed by atoms with Crippen molar-refractivity contribution >= 4 is 10.4 Å². The Morgan fingerprint density at radius 1 is 0.923 bits per heavy atom. The SMILES string of the molecule is C1CNCCN1.CC.O=S(=O)(O)O. The molecule has 13 heavy (non-hydrogen) atoms. The third kappa shape index (κ3) is 33.7. The lowest BCUT2D eigenvalue weighted by molar-refractivity contribution is 0.381. The molecule has 1 saturated heterocycles. The molecule has 1 fully saturated rings.